The van der Waals surface area contributed by atoms with Crippen LogP contribution in [-0.2, 0) is 17.6 Å². The van der Waals surface area contributed by atoms with Gasteiger partial charge in [0.2, 0.25) is 5.91 Å². The van der Waals surface area contributed by atoms with Crippen molar-refractivity contribution in [1.82, 2.24) is 10.2 Å². The maximum absolute atomic E-state index is 12.5. The van der Waals surface area contributed by atoms with Crippen molar-refractivity contribution in [3.05, 3.63) is 71.8 Å². The first-order valence-electron chi connectivity index (χ1n) is 9.82. The molecule has 2 aromatic rings. The highest BCUT2D eigenvalue weighted by atomic mass is 16.2. The third-order valence-electron chi connectivity index (χ3n) is 5.28. The molecular weight excluding hydrogens is 320 g/mol. The van der Waals surface area contributed by atoms with E-state index in [1.54, 1.807) is 0 Å². The standard InChI is InChI=1S/C23H30N2O/c1-19(14-15-20-9-4-2-5-10-20)24-23(26)18-25-16-8-13-22(25)17-21-11-6-3-7-12-21/h2-7,9-12,19,22H,8,13-18H2,1H3,(H,24,26). The molecule has 3 heteroatoms. The van der Waals surface area contributed by atoms with Gasteiger partial charge < -0.3 is 5.32 Å². The summed E-state index contributed by atoms with van der Waals surface area (Å²) >= 11 is 0. The molecule has 2 atom stereocenters. The van der Waals surface area contributed by atoms with Crippen LogP contribution in [0.15, 0.2) is 60.7 Å². The first-order chi connectivity index (χ1) is 12.7. The second-order valence-electron chi connectivity index (χ2n) is 7.45. The summed E-state index contributed by atoms with van der Waals surface area (Å²) in [5.41, 5.74) is 2.69. The van der Waals surface area contributed by atoms with Crippen molar-refractivity contribution in [2.24, 2.45) is 0 Å². The second-order valence-corrected chi connectivity index (χ2v) is 7.45. The van der Waals surface area contributed by atoms with Crippen LogP contribution in [-0.4, -0.2) is 36.0 Å². The van der Waals surface area contributed by atoms with Crippen LogP contribution >= 0.6 is 0 Å². The van der Waals surface area contributed by atoms with Crippen LogP contribution in [0.4, 0.5) is 0 Å². The molecule has 1 fully saturated rings. The van der Waals surface area contributed by atoms with Crippen molar-refractivity contribution in [3.63, 3.8) is 0 Å². The average Bonchev–Trinajstić information content (AvgIpc) is 3.08. The smallest absolute Gasteiger partial charge is 0.234 e. The van der Waals surface area contributed by atoms with E-state index in [2.05, 4.69) is 71.7 Å². The van der Waals surface area contributed by atoms with Gasteiger partial charge in [-0.2, -0.15) is 0 Å². The molecule has 26 heavy (non-hydrogen) atoms. The topological polar surface area (TPSA) is 32.3 Å². The summed E-state index contributed by atoms with van der Waals surface area (Å²) in [5.74, 6) is 0.158. The van der Waals surface area contributed by atoms with E-state index in [1.165, 1.54) is 24.0 Å². The van der Waals surface area contributed by atoms with Gasteiger partial charge in [0.05, 0.1) is 6.54 Å². The van der Waals surface area contributed by atoms with Gasteiger partial charge in [0, 0.05) is 12.1 Å². The third kappa shape index (κ3) is 5.70. The van der Waals surface area contributed by atoms with Crippen molar-refractivity contribution >= 4 is 5.91 Å². The Morgan fingerprint density at radius 2 is 1.73 bits per heavy atom. The third-order valence-corrected chi connectivity index (χ3v) is 5.28. The molecule has 2 aromatic carbocycles. The minimum absolute atomic E-state index is 0.158. The Labute approximate surface area is 157 Å². The van der Waals surface area contributed by atoms with Crippen LogP contribution in [0.3, 0.4) is 0 Å². The van der Waals surface area contributed by atoms with Gasteiger partial charge in [-0.15, -0.1) is 0 Å². The molecule has 0 aliphatic carbocycles. The molecule has 0 bridgehead atoms. The predicted octanol–water partition coefficient (Wildman–Crippen LogP) is 3.83. The monoisotopic (exact) mass is 350 g/mol. The van der Waals surface area contributed by atoms with Gasteiger partial charge in [-0.1, -0.05) is 60.7 Å². The van der Waals surface area contributed by atoms with E-state index in [0.29, 0.717) is 12.6 Å². The summed E-state index contributed by atoms with van der Waals surface area (Å²) in [4.78, 5) is 14.8. The quantitative estimate of drug-likeness (QED) is 0.785. The number of rotatable bonds is 8. The van der Waals surface area contributed by atoms with Crippen molar-refractivity contribution in [1.29, 1.82) is 0 Å². The Hall–Kier alpha value is -2.13. The SMILES string of the molecule is CC(CCc1ccccc1)NC(=O)CN1CCCC1Cc1ccccc1. The molecule has 3 nitrogen and oxygen atoms in total. The molecule has 1 N–H and O–H groups in total. The Morgan fingerprint density at radius 3 is 2.42 bits per heavy atom. The fourth-order valence-corrected chi connectivity index (χ4v) is 3.83. The number of aryl methyl sites for hydroxylation is 1. The summed E-state index contributed by atoms with van der Waals surface area (Å²) in [6.45, 7) is 3.66. The lowest BCUT2D eigenvalue weighted by atomic mass is 10.0. The molecule has 0 spiro atoms. The highest BCUT2D eigenvalue weighted by Crippen LogP contribution is 2.20. The van der Waals surface area contributed by atoms with E-state index in [9.17, 15) is 4.79 Å². The molecule has 1 heterocycles. The van der Waals surface area contributed by atoms with Crippen molar-refractivity contribution in [2.45, 2.75) is 51.1 Å². The van der Waals surface area contributed by atoms with Gasteiger partial charge in [0.15, 0.2) is 0 Å². The number of likely N-dealkylation sites (tertiary alicyclic amines) is 1. The number of nitrogens with one attached hydrogen (secondary N) is 1. The van der Waals surface area contributed by atoms with Gasteiger partial charge in [-0.25, -0.2) is 0 Å². The van der Waals surface area contributed by atoms with E-state index in [0.717, 1.165) is 25.8 Å². The van der Waals surface area contributed by atoms with Crippen LogP contribution in [0.25, 0.3) is 0 Å². The Morgan fingerprint density at radius 1 is 1.08 bits per heavy atom. The largest absolute Gasteiger partial charge is 0.353 e. The molecule has 3 rings (SSSR count). The van der Waals surface area contributed by atoms with Crippen LogP contribution in [0.5, 0.6) is 0 Å². The molecule has 2 unspecified atom stereocenters. The summed E-state index contributed by atoms with van der Waals surface area (Å²) < 4.78 is 0. The van der Waals surface area contributed by atoms with Gasteiger partial charge in [-0.3, -0.25) is 9.69 Å². The summed E-state index contributed by atoms with van der Waals surface area (Å²) in [5, 5.41) is 3.18. The van der Waals surface area contributed by atoms with Gasteiger partial charge in [0.25, 0.3) is 0 Å². The molecule has 0 radical (unpaired) electrons. The van der Waals surface area contributed by atoms with Crippen LogP contribution in [0, 0.1) is 0 Å². The highest BCUT2D eigenvalue weighted by molar-refractivity contribution is 5.78. The second kappa shape index (κ2) is 9.54. The van der Waals surface area contributed by atoms with E-state index < -0.39 is 0 Å². The number of hydrogen-bond donors (Lipinski definition) is 1. The molecule has 1 amide bonds. The van der Waals surface area contributed by atoms with Gasteiger partial charge >= 0.3 is 0 Å². The Bertz CT molecular complexity index is 671. The predicted molar refractivity (Wildman–Crippen MR) is 107 cm³/mol. The summed E-state index contributed by atoms with van der Waals surface area (Å²) in [6, 6.07) is 21.8. The van der Waals surface area contributed by atoms with E-state index in [-0.39, 0.29) is 11.9 Å². The van der Waals surface area contributed by atoms with Crippen molar-refractivity contribution in [2.75, 3.05) is 13.1 Å². The number of benzene rings is 2. The zero-order chi connectivity index (χ0) is 18.2. The van der Waals surface area contributed by atoms with E-state index in [4.69, 9.17) is 0 Å². The molecule has 0 saturated carbocycles. The fourth-order valence-electron chi connectivity index (χ4n) is 3.83. The molecule has 138 valence electrons. The average molecular weight is 351 g/mol. The lowest BCUT2D eigenvalue weighted by molar-refractivity contribution is -0.123. The maximum Gasteiger partial charge on any atom is 0.234 e. The van der Waals surface area contributed by atoms with Crippen LogP contribution in [0.2, 0.25) is 0 Å². The molecular formula is C23H30N2O. The van der Waals surface area contributed by atoms with E-state index in [1.807, 2.05) is 6.07 Å². The van der Waals surface area contributed by atoms with Gasteiger partial charge in [0.1, 0.15) is 0 Å². The Kier molecular flexibility index (Phi) is 6.84. The highest BCUT2D eigenvalue weighted by Gasteiger charge is 2.26. The normalized spacial score (nSPS) is 18.6. The summed E-state index contributed by atoms with van der Waals surface area (Å²) in [6.07, 6.45) is 5.39. The first-order valence-corrected chi connectivity index (χ1v) is 9.82. The minimum Gasteiger partial charge on any atom is -0.353 e. The maximum atomic E-state index is 12.5. The number of hydrogen-bond acceptors (Lipinski definition) is 2. The zero-order valence-electron chi connectivity index (χ0n) is 15.7. The number of carbonyl (C=O) groups excluding carboxylic acids is 1. The van der Waals surface area contributed by atoms with Crippen molar-refractivity contribution in [3.8, 4) is 0 Å². The number of carbonyl (C=O) groups is 1. The summed E-state index contributed by atoms with van der Waals surface area (Å²) in [7, 11) is 0. The molecule has 0 aromatic heterocycles. The Balaban J connectivity index is 1.43. The fraction of sp³-hybridized carbons (Fsp3) is 0.435. The number of nitrogens with zero attached hydrogens (tertiary/aromatic N) is 1. The van der Waals surface area contributed by atoms with Gasteiger partial charge in [-0.05, 0) is 56.7 Å². The lowest BCUT2D eigenvalue weighted by Crippen LogP contribution is -2.43. The van der Waals surface area contributed by atoms with E-state index >= 15 is 0 Å². The molecule has 1 aliphatic rings. The van der Waals surface area contributed by atoms with Crippen LogP contribution in [0.1, 0.15) is 37.3 Å². The minimum atomic E-state index is 0.158. The lowest BCUT2D eigenvalue weighted by Gasteiger charge is -2.25. The zero-order valence-corrected chi connectivity index (χ0v) is 15.7. The molecule has 1 saturated heterocycles. The van der Waals surface area contributed by atoms with Crippen molar-refractivity contribution < 1.29 is 4.79 Å². The first kappa shape index (κ1) is 18.7. The molecule has 1 aliphatic heterocycles. The number of amides is 1. The van der Waals surface area contributed by atoms with Crippen LogP contribution < -0.4 is 5.32 Å².